The van der Waals surface area contributed by atoms with E-state index in [1.807, 2.05) is 0 Å². The van der Waals surface area contributed by atoms with E-state index < -0.39 is 6.29 Å². The highest BCUT2D eigenvalue weighted by Crippen LogP contribution is 2.14. The number of aldehydes is 1. The van der Waals surface area contributed by atoms with Crippen LogP contribution < -0.4 is 0 Å². The topological polar surface area (TPSA) is 52.6 Å². The molecular weight excluding hydrogens is 180 g/mol. The standard InChI is InChI=1S/C7H9O4S/c1-2-6(12-9)5-4-10-7(3-8)11-5/h2-3,5-7H,1,4H2/q+1. The van der Waals surface area contributed by atoms with Crippen LogP contribution in [0, 0.1) is 0 Å². The van der Waals surface area contributed by atoms with E-state index in [9.17, 15) is 9.00 Å². The smallest absolute Gasteiger partial charge is 0.343 e. The molecule has 1 heterocycles. The van der Waals surface area contributed by atoms with Crippen LogP contribution in [0.1, 0.15) is 0 Å². The zero-order chi connectivity index (χ0) is 8.97. The highest BCUT2D eigenvalue weighted by atomic mass is 32.1. The van der Waals surface area contributed by atoms with Gasteiger partial charge in [-0.25, -0.2) is 0 Å². The highest BCUT2D eigenvalue weighted by molar-refractivity contribution is 7.66. The summed E-state index contributed by atoms with van der Waals surface area (Å²) in [5.41, 5.74) is 0. The summed E-state index contributed by atoms with van der Waals surface area (Å²) in [7, 11) is 0. The van der Waals surface area contributed by atoms with Crippen molar-refractivity contribution >= 4 is 18.0 Å². The lowest BCUT2D eigenvalue weighted by molar-refractivity contribution is -0.132. The fourth-order valence-corrected chi connectivity index (χ4v) is 1.28. The second-order valence-electron chi connectivity index (χ2n) is 2.31. The van der Waals surface area contributed by atoms with Crippen molar-refractivity contribution in [3.8, 4) is 0 Å². The summed E-state index contributed by atoms with van der Waals surface area (Å²) in [6.07, 6.45) is 0.902. The normalized spacial score (nSPS) is 31.0. The van der Waals surface area contributed by atoms with Gasteiger partial charge < -0.3 is 9.47 Å². The molecule has 0 spiro atoms. The first kappa shape index (κ1) is 9.44. The molecule has 3 atom stereocenters. The average molecular weight is 189 g/mol. The van der Waals surface area contributed by atoms with Gasteiger partial charge >= 0.3 is 11.7 Å². The van der Waals surface area contributed by atoms with Crippen LogP contribution in [-0.4, -0.2) is 30.5 Å². The summed E-state index contributed by atoms with van der Waals surface area (Å²) < 4.78 is 20.4. The van der Waals surface area contributed by atoms with Crippen LogP contribution in [0.4, 0.5) is 0 Å². The van der Waals surface area contributed by atoms with E-state index >= 15 is 0 Å². The van der Waals surface area contributed by atoms with Crippen LogP contribution in [0.2, 0.25) is 0 Å². The molecule has 0 saturated carbocycles. The molecule has 5 heteroatoms. The summed E-state index contributed by atoms with van der Waals surface area (Å²) in [5.74, 6) is 0. The SMILES string of the molecule is C=CC([S+]=O)C1COC(C=O)O1. The molecule has 12 heavy (non-hydrogen) atoms. The van der Waals surface area contributed by atoms with Crippen LogP contribution >= 0.6 is 0 Å². The molecule has 1 fully saturated rings. The number of hydrogen-bond donors (Lipinski definition) is 0. The van der Waals surface area contributed by atoms with E-state index in [-0.39, 0.29) is 18.0 Å². The Morgan fingerprint density at radius 2 is 2.42 bits per heavy atom. The predicted octanol–water partition coefficient (Wildman–Crippen LogP) is -0.0905. The first-order valence-electron chi connectivity index (χ1n) is 3.45. The van der Waals surface area contributed by atoms with E-state index in [0.29, 0.717) is 18.0 Å². The number of hydrogen-bond acceptors (Lipinski definition) is 4. The molecule has 1 rings (SSSR count). The largest absolute Gasteiger partial charge is 0.469 e. The first-order valence-corrected chi connectivity index (χ1v) is 4.26. The van der Waals surface area contributed by atoms with E-state index in [0.717, 1.165) is 0 Å². The zero-order valence-electron chi connectivity index (χ0n) is 6.34. The van der Waals surface area contributed by atoms with Crippen molar-refractivity contribution in [2.75, 3.05) is 6.61 Å². The van der Waals surface area contributed by atoms with Gasteiger partial charge in [0, 0.05) is 4.21 Å². The van der Waals surface area contributed by atoms with Gasteiger partial charge in [0.05, 0.1) is 6.61 Å². The predicted molar refractivity (Wildman–Crippen MR) is 42.7 cm³/mol. The lowest BCUT2D eigenvalue weighted by atomic mass is 10.2. The minimum atomic E-state index is -0.815. The molecule has 4 nitrogen and oxygen atoms in total. The Balaban J connectivity index is 2.49. The van der Waals surface area contributed by atoms with Crippen molar-refractivity contribution in [3.05, 3.63) is 12.7 Å². The zero-order valence-corrected chi connectivity index (χ0v) is 7.16. The Morgan fingerprint density at radius 3 is 2.83 bits per heavy atom. The number of ether oxygens (including phenoxy) is 2. The van der Waals surface area contributed by atoms with Gasteiger partial charge in [0.1, 0.15) is 6.10 Å². The van der Waals surface area contributed by atoms with E-state index in [1.165, 1.54) is 6.08 Å². The lowest BCUT2D eigenvalue weighted by Crippen LogP contribution is -2.26. The Bertz CT molecular complexity index is 186. The Morgan fingerprint density at radius 1 is 1.67 bits per heavy atom. The Kier molecular flexibility index (Phi) is 3.46. The number of carbonyl (C=O) groups is 1. The van der Waals surface area contributed by atoms with Crippen LogP contribution in [-0.2, 0) is 30.1 Å². The van der Waals surface area contributed by atoms with Gasteiger partial charge in [-0.05, 0) is 6.08 Å². The van der Waals surface area contributed by atoms with Gasteiger partial charge in [0.25, 0.3) is 5.25 Å². The van der Waals surface area contributed by atoms with E-state index in [1.54, 1.807) is 0 Å². The molecule has 0 radical (unpaired) electrons. The van der Waals surface area contributed by atoms with Gasteiger partial charge in [0.15, 0.2) is 6.29 Å². The minimum absolute atomic E-state index is 0.273. The monoisotopic (exact) mass is 189 g/mol. The molecule has 1 aliphatic heterocycles. The van der Waals surface area contributed by atoms with E-state index in [4.69, 9.17) is 9.47 Å². The molecule has 0 bridgehead atoms. The molecule has 0 aromatic heterocycles. The molecule has 3 unspecified atom stereocenters. The van der Waals surface area contributed by atoms with Gasteiger partial charge in [0.2, 0.25) is 6.29 Å². The quantitative estimate of drug-likeness (QED) is 0.352. The van der Waals surface area contributed by atoms with Crippen LogP contribution in [0.5, 0.6) is 0 Å². The van der Waals surface area contributed by atoms with Crippen molar-refractivity contribution in [3.63, 3.8) is 0 Å². The molecule has 0 N–H and O–H groups in total. The van der Waals surface area contributed by atoms with Gasteiger partial charge in [-0.1, -0.05) is 6.58 Å². The molecule has 0 aromatic rings. The molecule has 0 aromatic carbocycles. The van der Waals surface area contributed by atoms with Crippen molar-refractivity contribution < 1.29 is 18.5 Å². The van der Waals surface area contributed by atoms with E-state index in [2.05, 4.69) is 6.58 Å². The Hall–Kier alpha value is -0.650. The summed E-state index contributed by atoms with van der Waals surface area (Å²) in [6, 6.07) is 0. The summed E-state index contributed by atoms with van der Waals surface area (Å²) >= 11 is 0.391. The summed E-state index contributed by atoms with van der Waals surface area (Å²) in [6.45, 7) is 3.76. The first-order chi connectivity index (χ1) is 5.81. The lowest BCUT2D eigenvalue weighted by Gasteiger charge is -2.02. The highest BCUT2D eigenvalue weighted by Gasteiger charge is 2.38. The Labute approximate surface area is 74.0 Å². The fourth-order valence-electron chi connectivity index (χ4n) is 0.937. The second-order valence-corrected chi connectivity index (χ2v) is 3.05. The van der Waals surface area contributed by atoms with Crippen LogP contribution in [0.25, 0.3) is 0 Å². The molecular formula is C7H9O4S+. The molecule has 0 aliphatic carbocycles. The third-order valence-electron chi connectivity index (χ3n) is 1.55. The fraction of sp³-hybridized carbons (Fsp3) is 0.571. The molecule has 0 amide bonds. The maximum absolute atomic E-state index is 10.5. The molecule has 66 valence electrons. The van der Waals surface area contributed by atoms with Crippen molar-refractivity contribution in [1.29, 1.82) is 0 Å². The number of carbonyl (C=O) groups excluding carboxylic acids is 1. The maximum Gasteiger partial charge on any atom is 0.469 e. The molecule has 1 saturated heterocycles. The molecule has 1 aliphatic rings. The van der Waals surface area contributed by atoms with Gasteiger partial charge in [-0.2, -0.15) is 0 Å². The second kappa shape index (κ2) is 4.39. The minimum Gasteiger partial charge on any atom is -0.343 e. The number of rotatable bonds is 4. The van der Waals surface area contributed by atoms with Crippen molar-refractivity contribution in [1.82, 2.24) is 0 Å². The van der Waals surface area contributed by atoms with Crippen LogP contribution in [0.3, 0.4) is 0 Å². The maximum atomic E-state index is 10.5. The summed E-state index contributed by atoms with van der Waals surface area (Å²) in [4.78, 5) is 10.2. The van der Waals surface area contributed by atoms with Gasteiger partial charge in [-0.3, -0.25) is 4.79 Å². The third-order valence-corrected chi connectivity index (χ3v) is 2.27. The van der Waals surface area contributed by atoms with Crippen molar-refractivity contribution in [2.45, 2.75) is 17.6 Å². The summed E-state index contributed by atoms with van der Waals surface area (Å²) in [5, 5.41) is -0.352. The van der Waals surface area contributed by atoms with Crippen LogP contribution in [0.15, 0.2) is 12.7 Å². The average Bonchev–Trinajstić information content (AvgIpc) is 2.55. The van der Waals surface area contributed by atoms with Gasteiger partial charge in [-0.15, -0.1) is 0 Å². The van der Waals surface area contributed by atoms with Crippen molar-refractivity contribution in [2.24, 2.45) is 0 Å². The third kappa shape index (κ3) is 1.94.